The number of carbonyl (C=O) groups excluding carboxylic acids is 1. The van der Waals surface area contributed by atoms with E-state index < -0.39 is 0 Å². The van der Waals surface area contributed by atoms with Crippen LogP contribution in [0.15, 0.2) is 48.9 Å². The van der Waals surface area contributed by atoms with E-state index in [1.54, 1.807) is 12.3 Å². The molecule has 0 aliphatic rings. The van der Waals surface area contributed by atoms with Crippen molar-refractivity contribution in [2.75, 3.05) is 5.32 Å². The van der Waals surface area contributed by atoms with Crippen molar-refractivity contribution in [3.8, 4) is 0 Å². The Morgan fingerprint density at radius 3 is 2.50 bits per heavy atom. The number of rotatable bonds is 4. The molecule has 4 heteroatoms. The molecule has 0 saturated heterocycles. The second-order valence-corrected chi connectivity index (χ2v) is 4.52. The molecular weight excluding hydrogens is 226 g/mol. The molecule has 0 aliphatic heterocycles. The van der Waals surface area contributed by atoms with Crippen LogP contribution in [0.4, 0.5) is 5.82 Å². The summed E-state index contributed by atoms with van der Waals surface area (Å²) in [7, 11) is 0. The maximum atomic E-state index is 12.3. The molecule has 0 aliphatic carbocycles. The van der Waals surface area contributed by atoms with Crippen molar-refractivity contribution in [1.82, 2.24) is 9.55 Å². The van der Waals surface area contributed by atoms with Crippen LogP contribution in [-0.4, -0.2) is 15.5 Å². The molecule has 4 nitrogen and oxygen atoms in total. The Balaban J connectivity index is 2.15. The minimum Gasteiger partial charge on any atom is -0.342 e. The SMILES string of the molecule is CC(C)[C@H](C(=O)Nc1ccccn1)n1cccc1. The Bertz CT molecular complexity index is 491. The summed E-state index contributed by atoms with van der Waals surface area (Å²) in [5, 5.41) is 2.84. The van der Waals surface area contributed by atoms with Crippen LogP contribution < -0.4 is 5.32 Å². The smallest absolute Gasteiger partial charge is 0.248 e. The van der Waals surface area contributed by atoms with Gasteiger partial charge in [-0.15, -0.1) is 0 Å². The van der Waals surface area contributed by atoms with Crippen LogP contribution in [-0.2, 0) is 4.79 Å². The van der Waals surface area contributed by atoms with Crippen molar-refractivity contribution in [1.29, 1.82) is 0 Å². The Kier molecular flexibility index (Phi) is 3.77. The van der Waals surface area contributed by atoms with Gasteiger partial charge in [0.25, 0.3) is 0 Å². The molecule has 94 valence electrons. The van der Waals surface area contributed by atoms with Crippen LogP contribution >= 0.6 is 0 Å². The van der Waals surface area contributed by atoms with Gasteiger partial charge in [-0.2, -0.15) is 0 Å². The highest BCUT2D eigenvalue weighted by atomic mass is 16.2. The van der Waals surface area contributed by atoms with Gasteiger partial charge in [0.05, 0.1) is 0 Å². The van der Waals surface area contributed by atoms with Crippen molar-refractivity contribution in [3.05, 3.63) is 48.9 Å². The fourth-order valence-corrected chi connectivity index (χ4v) is 1.95. The van der Waals surface area contributed by atoms with Gasteiger partial charge in [-0.05, 0) is 30.2 Å². The van der Waals surface area contributed by atoms with Crippen molar-refractivity contribution >= 4 is 11.7 Å². The van der Waals surface area contributed by atoms with Gasteiger partial charge in [-0.1, -0.05) is 19.9 Å². The summed E-state index contributed by atoms with van der Waals surface area (Å²) in [6.07, 6.45) is 5.47. The van der Waals surface area contributed by atoms with E-state index in [-0.39, 0.29) is 17.9 Å². The van der Waals surface area contributed by atoms with Gasteiger partial charge >= 0.3 is 0 Å². The molecule has 0 radical (unpaired) electrons. The largest absolute Gasteiger partial charge is 0.342 e. The van der Waals surface area contributed by atoms with E-state index >= 15 is 0 Å². The Labute approximate surface area is 107 Å². The molecular formula is C14H17N3O. The van der Waals surface area contributed by atoms with E-state index in [9.17, 15) is 4.79 Å². The van der Waals surface area contributed by atoms with Gasteiger partial charge < -0.3 is 9.88 Å². The second-order valence-electron chi connectivity index (χ2n) is 4.52. The number of nitrogens with one attached hydrogen (secondary N) is 1. The first-order valence-corrected chi connectivity index (χ1v) is 6.03. The number of amides is 1. The molecule has 0 spiro atoms. The van der Waals surface area contributed by atoms with Gasteiger partial charge in [-0.25, -0.2) is 4.98 Å². The maximum absolute atomic E-state index is 12.3. The first-order chi connectivity index (χ1) is 8.68. The fraction of sp³-hybridized carbons (Fsp3) is 0.286. The summed E-state index contributed by atoms with van der Waals surface area (Å²) >= 11 is 0. The van der Waals surface area contributed by atoms with Crippen LogP contribution in [0.3, 0.4) is 0 Å². The number of carbonyl (C=O) groups is 1. The summed E-state index contributed by atoms with van der Waals surface area (Å²) in [5.74, 6) is 0.751. The van der Waals surface area contributed by atoms with E-state index in [2.05, 4.69) is 10.3 Å². The first kappa shape index (κ1) is 12.4. The molecule has 0 unspecified atom stereocenters. The van der Waals surface area contributed by atoms with Crippen LogP contribution in [0.2, 0.25) is 0 Å². The Morgan fingerprint density at radius 1 is 1.22 bits per heavy atom. The van der Waals surface area contributed by atoms with Gasteiger partial charge in [-0.3, -0.25) is 4.79 Å². The third-order valence-corrected chi connectivity index (χ3v) is 2.76. The minimum atomic E-state index is -0.220. The summed E-state index contributed by atoms with van der Waals surface area (Å²) < 4.78 is 1.92. The predicted octanol–water partition coefficient (Wildman–Crippen LogP) is 2.72. The quantitative estimate of drug-likeness (QED) is 0.897. The number of anilines is 1. The van der Waals surface area contributed by atoms with E-state index in [1.165, 1.54) is 0 Å². The Morgan fingerprint density at radius 2 is 1.94 bits per heavy atom. The van der Waals surface area contributed by atoms with E-state index in [4.69, 9.17) is 0 Å². The number of hydrogen-bond donors (Lipinski definition) is 1. The first-order valence-electron chi connectivity index (χ1n) is 6.03. The molecule has 2 aromatic rings. The van der Waals surface area contributed by atoms with Crippen LogP contribution in [0.5, 0.6) is 0 Å². The lowest BCUT2D eigenvalue weighted by atomic mass is 10.0. The van der Waals surface area contributed by atoms with E-state index in [0.717, 1.165) is 0 Å². The molecule has 0 fully saturated rings. The zero-order valence-electron chi connectivity index (χ0n) is 10.6. The predicted molar refractivity (Wildman–Crippen MR) is 71.2 cm³/mol. The van der Waals surface area contributed by atoms with Gasteiger partial charge in [0.2, 0.25) is 5.91 Å². The van der Waals surface area contributed by atoms with E-state index in [1.807, 2.05) is 55.1 Å². The van der Waals surface area contributed by atoms with Gasteiger partial charge in [0, 0.05) is 18.6 Å². The van der Waals surface area contributed by atoms with Gasteiger partial charge in [0.15, 0.2) is 0 Å². The lowest BCUT2D eigenvalue weighted by Crippen LogP contribution is -2.29. The van der Waals surface area contributed by atoms with Gasteiger partial charge in [0.1, 0.15) is 11.9 Å². The van der Waals surface area contributed by atoms with Crippen LogP contribution in [0.25, 0.3) is 0 Å². The normalized spacial score (nSPS) is 12.4. The summed E-state index contributed by atoms with van der Waals surface area (Å²) in [5.41, 5.74) is 0. The standard InChI is InChI=1S/C14H17N3O/c1-11(2)13(17-9-5-6-10-17)14(18)16-12-7-3-4-8-15-12/h3-11,13H,1-2H3,(H,15,16,18)/t13-/m1/s1. The average molecular weight is 243 g/mol. The highest BCUT2D eigenvalue weighted by molar-refractivity contribution is 5.93. The van der Waals surface area contributed by atoms with Crippen LogP contribution in [0, 0.1) is 5.92 Å². The zero-order valence-corrected chi connectivity index (χ0v) is 10.6. The van der Waals surface area contributed by atoms with Crippen molar-refractivity contribution < 1.29 is 4.79 Å². The second kappa shape index (κ2) is 5.49. The fourth-order valence-electron chi connectivity index (χ4n) is 1.95. The van der Waals surface area contributed by atoms with E-state index in [0.29, 0.717) is 5.82 Å². The molecule has 2 aromatic heterocycles. The molecule has 1 atom stereocenters. The highest BCUT2D eigenvalue weighted by Crippen LogP contribution is 2.19. The Hall–Kier alpha value is -2.10. The van der Waals surface area contributed by atoms with Crippen molar-refractivity contribution in [2.24, 2.45) is 5.92 Å². The average Bonchev–Trinajstić information content (AvgIpc) is 2.83. The van der Waals surface area contributed by atoms with Crippen LogP contribution in [0.1, 0.15) is 19.9 Å². The highest BCUT2D eigenvalue weighted by Gasteiger charge is 2.23. The molecule has 2 heterocycles. The summed E-state index contributed by atoms with van der Waals surface area (Å²) in [4.78, 5) is 16.4. The molecule has 1 amide bonds. The minimum absolute atomic E-state index is 0.0418. The molecule has 1 N–H and O–H groups in total. The lowest BCUT2D eigenvalue weighted by molar-refractivity contribution is -0.120. The monoisotopic (exact) mass is 243 g/mol. The number of hydrogen-bond acceptors (Lipinski definition) is 2. The third kappa shape index (κ3) is 2.77. The molecule has 18 heavy (non-hydrogen) atoms. The topological polar surface area (TPSA) is 46.9 Å². The molecule has 2 rings (SSSR count). The summed E-state index contributed by atoms with van der Waals surface area (Å²) in [6.45, 7) is 4.06. The molecule has 0 bridgehead atoms. The summed E-state index contributed by atoms with van der Waals surface area (Å²) in [6, 6.07) is 9.07. The maximum Gasteiger partial charge on any atom is 0.248 e. The number of nitrogens with zero attached hydrogens (tertiary/aromatic N) is 2. The molecule has 0 aromatic carbocycles. The number of aromatic nitrogens is 2. The van der Waals surface area contributed by atoms with Crippen molar-refractivity contribution in [2.45, 2.75) is 19.9 Å². The molecule has 0 saturated carbocycles. The third-order valence-electron chi connectivity index (χ3n) is 2.76. The zero-order chi connectivity index (χ0) is 13.0. The number of pyridine rings is 1. The lowest BCUT2D eigenvalue weighted by Gasteiger charge is -2.21. The van der Waals surface area contributed by atoms with Crippen molar-refractivity contribution in [3.63, 3.8) is 0 Å².